The highest BCUT2D eigenvalue weighted by molar-refractivity contribution is 5.69. The zero-order valence-electron chi connectivity index (χ0n) is 30.0. The Balaban J connectivity index is 3.65. The van der Waals surface area contributed by atoms with Crippen molar-refractivity contribution in [2.45, 2.75) is 136 Å². The minimum atomic E-state index is -0.589. The molecule has 0 rings (SSSR count). The SMILES string of the molecule is CC/C=C\C/C=C\C/C=C\C/C=C\C/C=C\CCOCC(CO)OC(=O)CCCCCCCC/C=C\C/C=C\C/C=C\C/C=C\CC. The smallest absolute Gasteiger partial charge is 0.306 e. The van der Waals surface area contributed by atoms with Crippen LogP contribution in [0.3, 0.4) is 0 Å². The molecule has 0 aliphatic rings. The van der Waals surface area contributed by atoms with Crippen molar-refractivity contribution >= 4 is 5.97 Å². The highest BCUT2D eigenvalue weighted by Crippen LogP contribution is 2.10. The maximum Gasteiger partial charge on any atom is 0.306 e. The lowest BCUT2D eigenvalue weighted by Gasteiger charge is -2.15. The van der Waals surface area contributed by atoms with E-state index in [0.29, 0.717) is 13.0 Å². The van der Waals surface area contributed by atoms with Gasteiger partial charge in [-0.3, -0.25) is 4.79 Å². The molecule has 4 nitrogen and oxygen atoms in total. The van der Waals surface area contributed by atoms with Crippen LogP contribution < -0.4 is 0 Å². The Morgan fingerprint density at radius 1 is 0.511 bits per heavy atom. The van der Waals surface area contributed by atoms with Crippen molar-refractivity contribution in [3.63, 3.8) is 0 Å². The molecule has 0 fully saturated rings. The predicted octanol–water partition coefficient (Wildman–Crippen LogP) is 12.0. The normalized spacial score (nSPS) is 13.7. The van der Waals surface area contributed by atoms with E-state index in [1.54, 1.807) is 0 Å². The number of allylic oxidation sites excluding steroid dienone is 17. The molecule has 0 spiro atoms. The van der Waals surface area contributed by atoms with Crippen molar-refractivity contribution in [2.24, 2.45) is 0 Å². The van der Waals surface area contributed by atoms with Crippen molar-refractivity contribution in [2.75, 3.05) is 19.8 Å². The molecule has 0 saturated carbocycles. The fourth-order valence-electron chi connectivity index (χ4n) is 4.44. The molecule has 0 aliphatic carbocycles. The molecule has 0 aromatic carbocycles. The zero-order valence-corrected chi connectivity index (χ0v) is 30.0. The highest BCUT2D eigenvalue weighted by atomic mass is 16.6. The molecule has 0 aromatic rings. The van der Waals surface area contributed by atoms with Gasteiger partial charge in [-0.2, -0.15) is 0 Å². The van der Waals surface area contributed by atoms with Gasteiger partial charge in [0.1, 0.15) is 6.10 Å². The molecular formula is C43H68O4. The van der Waals surface area contributed by atoms with Crippen molar-refractivity contribution < 1.29 is 19.4 Å². The van der Waals surface area contributed by atoms with Gasteiger partial charge in [-0.05, 0) is 83.5 Å². The van der Waals surface area contributed by atoms with Gasteiger partial charge in [0.2, 0.25) is 0 Å². The van der Waals surface area contributed by atoms with Gasteiger partial charge in [-0.15, -0.1) is 0 Å². The van der Waals surface area contributed by atoms with E-state index in [9.17, 15) is 9.90 Å². The molecule has 0 saturated heterocycles. The lowest BCUT2D eigenvalue weighted by molar-refractivity contribution is -0.154. The van der Waals surface area contributed by atoms with E-state index in [1.165, 1.54) is 19.3 Å². The number of unbranched alkanes of at least 4 members (excludes halogenated alkanes) is 6. The molecule has 1 unspecified atom stereocenters. The van der Waals surface area contributed by atoms with Gasteiger partial charge < -0.3 is 14.6 Å². The number of rotatable bonds is 32. The van der Waals surface area contributed by atoms with Gasteiger partial charge in [-0.25, -0.2) is 0 Å². The molecule has 0 radical (unpaired) electrons. The van der Waals surface area contributed by atoms with Gasteiger partial charge in [0.15, 0.2) is 0 Å². The standard InChI is InChI=1S/C43H68O4/c1-3-5-7-9-11-13-15-17-19-21-22-23-24-26-28-30-32-34-36-38-43(45)47-42(40-44)41-46-39-37-35-33-31-29-27-25-20-18-16-14-12-10-8-6-4-2/h5-8,11-14,17-20,22-23,27,29,33,35,42,44H,3-4,9-10,15-16,21,24-26,28,30-32,34,36-41H2,1-2H3/b7-5-,8-6-,13-11-,14-12-,19-17-,20-18-,23-22-,29-27-,35-33-. The van der Waals surface area contributed by atoms with Gasteiger partial charge >= 0.3 is 5.97 Å². The molecule has 0 amide bonds. The fourth-order valence-corrected chi connectivity index (χ4v) is 4.44. The van der Waals surface area contributed by atoms with Crippen LogP contribution in [-0.4, -0.2) is 37.0 Å². The first-order chi connectivity index (χ1) is 23.2. The average Bonchev–Trinajstić information content (AvgIpc) is 3.08. The van der Waals surface area contributed by atoms with Crippen LogP contribution in [0.25, 0.3) is 0 Å². The second kappa shape index (κ2) is 39.2. The molecule has 1 atom stereocenters. The van der Waals surface area contributed by atoms with E-state index < -0.39 is 6.10 Å². The summed E-state index contributed by atoms with van der Waals surface area (Å²) < 4.78 is 11.0. The third-order valence-corrected chi connectivity index (χ3v) is 7.11. The third-order valence-electron chi connectivity index (χ3n) is 7.11. The molecular weight excluding hydrogens is 580 g/mol. The minimum Gasteiger partial charge on any atom is -0.457 e. The Labute approximate surface area is 289 Å². The molecule has 264 valence electrons. The summed E-state index contributed by atoms with van der Waals surface area (Å²) in [5.74, 6) is -0.246. The Kier molecular flexibility index (Phi) is 36.8. The van der Waals surface area contributed by atoms with E-state index in [1.807, 2.05) is 0 Å². The predicted molar refractivity (Wildman–Crippen MR) is 204 cm³/mol. The Hall–Kier alpha value is -2.95. The summed E-state index contributed by atoms with van der Waals surface area (Å²) in [6.45, 7) is 4.86. The Bertz CT molecular complexity index is 945. The number of carbonyl (C=O) groups excluding carboxylic acids is 1. The van der Waals surface area contributed by atoms with Crippen molar-refractivity contribution in [1.82, 2.24) is 0 Å². The second-order valence-electron chi connectivity index (χ2n) is 11.5. The van der Waals surface area contributed by atoms with E-state index in [4.69, 9.17) is 9.47 Å². The van der Waals surface area contributed by atoms with Crippen LogP contribution in [-0.2, 0) is 14.3 Å². The summed E-state index contributed by atoms with van der Waals surface area (Å²) in [5.41, 5.74) is 0. The summed E-state index contributed by atoms with van der Waals surface area (Å²) in [6.07, 6.45) is 57.2. The molecule has 0 aliphatic heterocycles. The lowest BCUT2D eigenvalue weighted by atomic mass is 10.1. The van der Waals surface area contributed by atoms with Crippen molar-refractivity contribution in [3.05, 3.63) is 109 Å². The summed E-state index contributed by atoms with van der Waals surface area (Å²) in [4.78, 5) is 12.2. The molecule has 1 N–H and O–H groups in total. The molecule has 47 heavy (non-hydrogen) atoms. The highest BCUT2D eigenvalue weighted by Gasteiger charge is 2.13. The largest absolute Gasteiger partial charge is 0.457 e. The summed E-state index contributed by atoms with van der Waals surface area (Å²) in [6, 6.07) is 0. The van der Waals surface area contributed by atoms with Crippen LogP contribution in [0.1, 0.15) is 129 Å². The van der Waals surface area contributed by atoms with Crippen LogP contribution >= 0.6 is 0 Å². The number of aliphatic hydroxyl groups excluding tert-OH is 1. The number of hydrogen-bond acceptors (Lipinski definition) is 4. The van der Waals surface area contributed by atoms with Crippen LogP contribution in [0, 0.1) is 0 Å². The average molecular weight is 649 g/mol. The van der Waals surface area contributed by atoms with Crippen LogP contribution in [0.15, 0.2) is 109 Å². The molecule has 4 heteroatoms. The number of carbonyl (C=O) groups is 1. The zero-order chi connectivity index (χ0) is 34.1. The Morgan fingerprint density at radius 2 is 0.894 bits per heavy atom. The Morgan fingerprint density at radius 3 is 1.34 bits per heavy atom. The summed E-state index contributed by atoms with van der Waals surface area (Å²) in [7, 11) is 0. The molecule has 0 aromatic heterocycles. The minimum absolute atomic E-state index is 0.216. The first-order valence-electron chi connectivity index (χ1n) is 18.5. The van der Waals surface area contributed by atoms with Crippen LogP contribution in [0.4, 0.5) is 0 Å². The number of aliphatic hydroxyl groups is 1. The van der Waals surface area contributed by atoms with Gasteiger partial charge in [0.25, 0.3) is 0 Å². The quantitative estimate of drug-likeness (QED) is 0.0448. The van der Waals surface area contributed by atoms with Gasteiger partial charge in [-0.1, -0.05) is 149 Å². The topological polar surface area (TPSA) is 55.8 Å². The number of esters is 1. The molecule has 0 bridgehead atoms. The first kappa shape index (κ1) is 44.0. The van der Waals surface area contributed by atoms with E-state index in [-0.39, 0.29) is 19.2 Å². The lowest BCUT2D eigenvalue weighted by Crippen LogP contribution is -2.27. The monoisotopic (exact) mass is 649 g/mol. The summed E-state index contributed by atoms with van der Waals surface area (Å²) >= 11 is 0. The van der Waals surface area contributed by atoms with E-state index >= 15 is 0 Å². The van der Waals surface area contributed by atoms with Crippen molar-refractivity contribution in [3.8, 4) is 0 Å². The van der Waals surface area contributed by atoms with Gasteiger partial charge in [0.05, 0.1) is 19.8 Å². The third kappa shape index (κ3) is 37.4. The van der Waals surface area contributed by atoms with E-state index in [0.717, 1.165) is 89.9 Å². The van der Waals surface area contributed by atoms with Crippen LogP contribution in [0.5, 0.6) is 0 Å². The van der Waals surface area contributed by atoms with Gasteiger partial charge in [0, 0.05) is 6.42 Å². The number of hydrogen-bond donors (Lipinski definition) is 1. The maximum absolute atomic E-state index is 12.2. The maximum atomic E-state index is 12.2. The number of ether oxygens (including phenoxy) is 2. The van der Waals surface area contributed by atoms with E-state index in [2.05, 4.69) is 123 Å². The van der Waals surface area contributed by atoms with Crippen molar-refractivity contribution in [1.29, 1.82) is 0 Å². The van der Waals surface area contributed by atoms with Crippen LogP contribution in [0.2, 0.25) is 0 Å². The first-order valence-corrected chi connectivity index (χ1v) is 18.5. The molecule has 0 heterocycles. The summed E-state index contributed by atoms with van der Waals surface area (Å²) in [5, 5.41) is 9.55. The second-order valence-corrected chi connectivity index (χ2v) is 11.5. The fraction of sp³-hybridized carbons (Fsp3) is 0.558.